The summed E-state index contributed by atoms with van der Waals surface area (Å²) in [6, 6.07) is 4.60. The Bertz CT molecular complexity index is 332. The molecule has 0 aliphatic rings. The van der Waals surface area contributed by atoms with Crippen LogP contribution in [0.2, 0.25) is 5.02 Å². The molecule has 0 radical (unpaired) electrons. The number of nitrogens with two attached hydrogens (primary N) is 1. The second kappa shape index (κ2) is 4.45. The standard InChI is InChI=1S/C7H7BrClN3O/c8-4-1-2-5(9)6(3-4)11-7(13)12-10/h1-3H,10H2,(H2,11,12,13). The van der Waals surface area contributed by atoms with E-state index in [9.17, 15) is 4.79 Å². The first-order valence-corrected chi connectivity index (χ1v) is 4.53. The van der Waals surface area contributed by atoms with Crippen molar-refractivity contribution in [1.82, 2.24) is 5.43 Å². The summed E-state index contributed by atoms with van der Waals surface area (Å²) in [5.74, 6) is 4.89. The lowest BCUT2D eigenvalue weighted by Gasteiger charge is -2.06. The van der Waals surface area contributed by atoms with Crippen LogP contribution < -0.4 is 16.6 Å². The molecule has 0 fully saturated rings. The van der Waals surface area contributed by atoms with Gasteiger partial charge in [0.05, 0.1) is 10.7 Å². The van der Waals surface area contributed by atoms with E-state index in [2.05, 4.69) is 21.2 Å². The minimum Gasteiger partial charge on any atom is -0.305 e. The van der Waals surface area contributed by atoms with Crippen LogP contribution in [0.5, 0.6) is 0 Å². The molecule has 1 rings (SSSR count). The molecule has 4 nitrogen and oxygen atoms in total. The van der Waals surface area contributed by atoms with Crippen LogP contribution in [0.4, 0.5) is 10.5 Å². The average molecular weight is 265 g/mol. The van der Waals surface area contributed by atoms with Crippen LogP contribution >= 0.6 is 27.5 Å². The van der Waals surface area contributed by atoms with Crippen molar-refractivity contribution in [2.24, 2.45) is 5.84 Å². The van der Waals surface area contributed by atoms with Crippen LogP contribution in [0.3, 0.4) is 0 Å². The van der Waals surface area contributed by atoms with E-state index in [1.165, 1.54) is 0 Å². The maximum absolute atomic E-state index is 10.8. The lowest BCUT2D eigenvalue weighted by Crippen LogP contribution is -2.34. The Morgan fingerprint density at radius 1 is 1.54 bits per heavy atom. The summed E-state index contributed by atoms with van der Waals surface area (Å²) < 4.78 is 0.823. The lowest BCUT2D eigenvalue weighted by molar-refractivity contribution is 0.252. The Labute approximate surface area is 88.5 Å². The van der Waals surface area contributed by atoms with Gasteiger partial charge in [0, 0.05) is 4.47 Å². The normalized spacial score (nSPS) is 9.46. The lowest BCUT2D eigenvalue weighted by atomic mass is 10.3. The van der Waals surface area contributed by atoms with Crippen LogP contribution in [0.1, 0.15) is 0 Å². The van der Waals surface area contributed by atoms with Crippen LogP contribution in [-0.4, -0.2) is 6.03 Å². The molecular formula is C7H7BrClN3O. The van der Waals surface area contributed by atoms with Gasteiger partial charge in [-0.2, -0.15) is 0 Å². The van der Waals surface area contributed by atoms with Gasteiger partial charge in [0.1, 0.15) is 0 Å². The van der Waals surface area contributed by atoms with E-state index in [1.807, 2.05) is 5.43 Å². The van der Waals surface area contributed by atoms with Crippen LogP contribution in [0, 0.1) is 0 Å². The van der Waals surface area contributed by atoms with Crippen molar-refractivity contribution in [2.45, 2.75) is 0 Å². The topological polar surface area (TPSA) is 67.1 Å². The van der Waals surface area contributed by atoms with E-state index in [1.54, 1.807) is 18.2 Å². The number of rotatable bonds is 1. The maximum atomic E-state index is 10.8. The smallest absolute Gasteiger partial charge is 0.305 e. The average Bonchev–Trinajstić information content (AvgIpc) is 2.11. The van der Waals surface area contributed by atoms with Crippen molar-refractivity contribution >= 4 is 39.2 Å². The first-order chi connectivity index (χ1) is 6.13. The molecule has 1 aromatic rings. The molecule has 13 heavy (non-hydrogen) atoms. The summed E-state index contributed by atoms with van der Waals surface area (Å²) in [6.45, 7) is 0. The highest BCUT2D eigenvalue weighted by molar-refractivity contribution is 9.10. The molecule has 1 aromatic carbocycles. The van der Waals surface area contributed by atoms with Crippen molar-refractivity contribution < 1.29 is 4.79 Å². The molecule has 2 amide bonds. The summed E-state index contributed by atoms with van der Waals surface area (Å²) in [5, 5.41) is 2.91. The van der Waals surface area contributed by atoms with E-state index >= 15 is 0 Å². The number of carbonyl (C=O) groups is 1. The van der Waals surface area contributed by atoms with Crippen LogP contribution in [0.25, 0.3) is 0 Å². The molecule has 0 atom stereocenters. The fraction of sp³-hybridized carbons (Fsp3) is 0. The minimum atomic E-state index is -0.514. The number of hydrogen-bond donors (Lipinski definition) is 3. The Morgan fingerprint density at radius 2 is 2.23 bits per heavy atom. The Balaban J connectivity index is 2.87. The van der Waals surface area contributed by atoms with Crippen LogP contribution in [0.15, 0.2) is 22.7 Å². The summed E-state index contributed by atoms with van der Waals surface area (Å²) >= 11 is 9.04. The molecule has 4 N–H and O–H groups in total. The van der Waals surface area contributed by atoms with Crippen molar-refractivity contribution in [2.75, 3.05) is 5.32 Å². The molecular weight excluding hydrogens is 257 g/mol. The van der Waals surface area contributed by atoms with Gasteiger partial charge in [0.2, 0.25) is 0 Å². The van der Waals surface area contributed by atoms with Gasteiger partial charge in [-0.15, -0.1) is 0 Å². The monoisotopic (exact) mass is 263 g/mol. The highest BCUT2D eigenvalue weighted by atomic mass is 79.9. The summed E-state index contributed by atoms with van der Waals surface area (Å²) in [5.41, 5.74) is 2.44. The minimum absolute atomic E-state index is 0.451. The summed E-state index contributed by atoms with van der Waals surface area (Å²) in [6.07, 6.45) is 0. The van der Waals surface area contributed by atoms with E-state index in [4.69, 9.17) is 17.4 Å². The first-order valence-electron chi connectivity index (χ1n) is 3.36. The van der Waals surface area contributed by atoms with Gasteiger partial charge in [-0.1, -0.05) is 27.5 Å². The molecule has 0 saturated carbocycles. The number of carbonyl (C=O) groups excluding carboxylic acids is 1. The fourth-order valence-electron chi connectivity index (χ4n) is 0.752. The number of benzene rings is 1. The van der Waals surface area contributed by atoms with E-state index in [0.29, 0.717) is 10.7 Å². The number of anilines is 1. The molecule has 0 aromatic heterocycles. The molecule has 0 unspecified atom stereocenters. The molecule has 0 heterocycles. The Morgan fingerprint density at radius 3 is 2.85 bits per heavy atom. The largest absolute Gasteiger partial charge is 0.333 e. The van der Waals surface area contributed by atoms with Crippen molar-refractivity contribution in [3.8, 4) is 0 Å². The molecule has 0 saturated heterocycles. The molecule has 0 spiro atoms. The Kier molecular flexibility index (Phi) is 3.53. The third-order valence-corrected chi connectivity index (χ3v) is 2.13. The van der Waals surface area contributed by atoms with Crippen molar-refractivity contribution in [1.29, 1.82) is 0 Å². The zero-order valence-corrected chi connectivity index (χ0v) is 8.82. The van der Waals surface area contributed by atoms with Gasteiger partial charge in [-0.05, 0) is 18.2 Å². The third kappa shape index (κ3) is 2.87. The van der Waals surface area contributed by atoms with E-state index < -0.39 is 6.03 Å². The Hall–Kier alpha value is -0.780. The molecule has 0 aliphatic heterocycles. The second-order valence-corrected chi connectivity index (χ2v) is 3.55. The number of hydrogen-bond acceptors (Lipinski definition) is 2. The van der Waals surface area contributed by atoms with Crippen molar-refractivity contribution in [3.05, 3.63) is 27.7 Å². The predicted octanol–water partition coefficient (Wildman–Crippen LogP) is 2.10. The van der Waals surface area contributed by atoms with Crippen molar-refractivity contribution in [3.63, 3.8) is 0 Å². The van der Waals surface area contributed by atoms with Gasteiger partial charge >= 0.3 is 6.03 Å². The zero-order chi connectivity index (χ0) is 9.84. The number of amides is 2. The quantitative estimate of drug-likeness (QED) is 0.413. The number of hydrazine groups is 1. The van der Waals surface area contributed by atoms with Crippen LogP contribution in [-0.2, 0) is 0 Å². The van der Waals surface area contributed by atoms with E-state index in [-0.39, 0.29) is 0 Å². The number of nitrogens with one attached hydrogen (secondary N) is 2. The molecule has 70 valence electrons. The van der Waals surface area contributed by atoms with Gasteiger partial charge in [0.15, 0.2) is 0 Å². The number of urea groups is 1. The summed E-state index contributed by atoms with van der Waals surface area (Å²) in [7, 11) is 0. The van der Waals surface area contributed by atoms with Gasteiger partial charge in [-0.3, -0.25) is 5.43 Å². The molecule has 0 bridgehead atoms. The third-order valence-electron chi connectivity index (χ3n) is 1.31. The SMILES string of the molecule is NNC(=O)Nc1cc(Br)ccc1Cl. The van der Waals surface area contributed by atoms with Gasteiger partial charge < -0.3 is 5.32 Å². The predicted molar refractivity (Wildman–Crippen MR) is 55.5 cm³/mol. The highest BCUT2D eigenvalue weighted by Gasteiger charge is 2.03. The highest BCUT2D eigenvalue weighted by Crippen LogP contribution is 2.25. The first kappa shape index (κ1) is 10.3. The van der Waals surface area contributed by atoms with E-state index in [0.717, 1.165) is 4.47 Å². The maximum Gasteiger partial charge on any atom is 0.333 e. The molecule has 6 heteroatoms. The zero-order valence-electron chi connectivity index (χ0n) is 6.47. The fourth-order valence-corrected chi connectivity index (χ4v) is 1.28. The van der Waals surface area contributed by atoms with Gasteiger partial charge in [0.25, 0.3) is 0 Å². The second-order valence-electron chi connectivity index (χ2n) is 2.22. The number of halogens is 2. The molecule has 0 aliphatic carbocycles. The summed E-state index contributed by atoms with van der Waals surface area (Å²) in [4.78, 5) is 10.8. The van der Waals surface area contributed by atoms with Gasteiger partial charge in [-0.25, -0.2) is 10.6 Å².